The van der Waals surface area contributed by atoms with E-state index in [0.29, 0.717) is 39.1 Å². The molecule has 0 aromatic carbocycles. The normalized spacial score (nSPS) is 15.4. The maximum atomic E-state index is 6.21. The Morgan fingerprint density at radius 2 is 1.28 bits per heavy atom. The Balaban J connectivity index is 0.000000187. The molecule has 1 aliphatic rings. The van der Waals surface area contributed by atoms with Gasteiger partial charge in [-0.2, -0.15) is 0 Å². The summed E-state index contributed by atoms with van der Waals surface area (Å²) in [6.45, 7) is 7.27. The lowest BCUT2D eigenvalue weighted by Gasteiger charge is -2.36. The molecule has 0 saturated carbocycles. The van der Waals surface area contributed by atoms with E-state index in [4.69, 9.17) is 39.8 Å². The number of anilines is 1. The maximum absolute atomic E-state index is 6.21. The number of hydrogen-bond acceptors (Lipinski definition) is 8. The Hall–Kier alpha value is -2.91. The van der Waals surface area contributed by atoms with Gasteiger partial charge in [0.1, 0.15) is 21.3 Å². The molecule has 36 heavy (non-hydrogen) atoms. The molecular weight excluding hydrogens is 519 g/mol. The van der Waals surface area contributed by atoms with Gasteiger partial charge >= 0.3 is 0 Å². The van der Waals surface area contributed by atoms with Crippen molar-refractivity contribution in [2.45, 2.75) is 19.9 Å². The van der Waals surface area contributed by atoms with E-state index >= 15 is 0 Å². The average molecular weight is 544 g/mol. The lowest BCUT2D eigenvalue weighted by molar-refractivity contribution is 0.367. The Bertz CT molecular complexity index is 1250. The summed E-state index contributed by atoms with van der Waals surface area (Å²) in [6.07, 6.45) is 6.79. The molecule has 1 N–H and O–H groups in total. The SMILES string of the molecule is CC(C)[C@H]1CN(c2cc(Cl)nc(-c3ccncc3)n2)CCN1.Clc1cc(Cl)nc(-c2ccncc2)n1. The topological polar surface area (TPSA) is 92.6 Å². The molecule has 186 valence electrons. The first-order chi connectivity index (χ1) is 17.4. The van der Waals surface area contributed by atoms with Gasteiger partial charge in [0.25, 0.3) is 0 Å². The van der Waals surface area contributed by atoms with Gasteiger partial charge in [0.15, 0.2) is 11.6 Å². The summed E-state index contributed by atoms with van der Waals surface area (Å²) in [7, 11) is 0. The van der Waals surface area contributed by atoms with Crippen LogP contribution in [0.4, 0.5) is 5.82 Å². The minimum absolute atomic E-state index is 0.330. The molecule has 0 radical (unpaired) electrons. The fraction of sp³-hybridized carbons (Fsp3) is 0.280. The smallest absolute Gasteiger partial charge is 0.163 e. The maximum Gasteiger partial charge on any atom is 0.163 e. The first-order valence-electron chi connectivity index (χ1n) is 11.4. The quantitative estimate of drug-likeness (QED) is 0.339. The summed E-state index contributed by atoms with van der Waals surface area (Å²) in [5.74, 6) is 2.62. The van der Waals surface area contributed by atoms with Crippen LogP contribution in [0.5, 0.6) is 0 Å². The van der Waals surface area contributed by atoms with Gasteiger partial charge in [-0.3, -0.25) is 9.97 Å². The molecule has 0 unspecified atom stereocenters. The summed E-state index contributed by atoms with van der Waals surface area (Å²) in [4.78, 5) is 27.3. The van der Waals surface area contributed by atoms with E-state index in [-0.39, 0.29) is 0 Å². The highest BCUT2D eigenvalue weighted by molar-refractivity contribution is 6.33. The van der Waals surface area contributed by atoms with E-state index in [2.05, 4.69) is 49.0 Å². The number of nitrogens with zero attached hydrogens (tertiary/aromatic N) is 7. The molecule has 11 heteroatoms. The molecule has 0 spiro atoms. The third-order valence-electron chi connectivity index (χ3n) is 5.56. The Kier molecular flexibility index (Phi) is 8.98. The highest BCUT2D eigenvalue weighted by atomic mass is 35.5. The third-order valence-corrected chi connectivity index (χ3v) is 6.14. The number of hydrogen-bond donors (Lipinski definition) is 1. The first kappa shape index (κ1) is 26.2. The van der Waals surface area contributed by atoms with Crippen molar-refractivity contribution in [2.24, 2.45) is 5.92 Å². The van der Waals surface area contributed by atoms with Crippen LogP contribution in [0.15, 0.2) is 61.2 Å². The summed E-state index contributed by atoms with van der Waals surface area (Å²) in [5.41, 5.74) is 1.76. The van der Waals surface area contributed by atoms with E-state index in [1.54, 1.807) is 36.9 Å². The molecule has 8 nitrogen and oxygen atoms in total. The van der Waals surface area contributed by atoms with Crippen LogP contribution in [0.2, 0.25) is 15.5 Å². The van der Waals surface area contributed by atoms with Crippen molar-refractivity contribution in [1.82, 2.24) is 35.2 Å². The second-order valence-corrected chi connectivity index (χ2v) is 9.59. The standard InChI is InChI=1S/C16H20ClN5.C9H5Cl2N3/c1-11(2)13-10-22(8-7-19-13)15-9-14(17)20-16(21-15)12-3-5-18-6-4-12;10-7-5-8(11)14-9(13-7)6-1-3-12-4-2-6/h3-6,9,11,13,19H,7-8,10H2,1-2H3;1-5H/t13-;/m1./s1. The number of nitrogens with one attached hydrogen (secondary N) is 1. The van der Waals surface area contributed by atoms with Gasteiger partial charge in [0.05, 0.1) is 0 Å². The van der Waals surface area contributed by atoms with Gasteiger partial charge in [-0.15, -0.1) is 0 Å². The summed E-state index contributed by atoms with van der Waals surface area (Å²) < 4.78 is 0. The van der Waals surface area contributed by atoms with Crippen LogP contribution < -0.4 is 10.2 Å². The van der Waals surface area contributed by atoms with Gasteiger partial charge in [0.2, 0.25) is 0 Å². The zero-order valence-electron chi connectivity index (χ0n) is 19.8. The average Bonchev–Trinajstić information content (AvgIpc) is 2.89. The molecule has 0 aliphatic carbocycles. The van der Waals surface area contributed by atoms with Crippen LogP contribution in [0, 0.1) is 5.92 Å². The third kappa shape index (κ3) is 7.07. The molecule has 1 atom stereocenters. The van der Waals surface area contributed by atoms with Crippen molar-refractivity contribution in [1.29, 1.82) is 0 Å². The summed E-state index contributed by atoms with van der Waals surface area (Å²) >= 11 is 17.7. The fourth-order valence-electron chi connectivity index (χ4n) is 3.65. The monoisotopic (exact) mass is 542 g/mol. The molecular formula is C25H25Cl3N8. The fourth-order valence-corrected chi connectivity index (χ4v) is 4.25. The number of pyridine rings is 2. The van der Waals surface area contributed by atoms with Crippen molar-refractivity contribution in [2.75, 3.05) is 24.5 Å². The predicted molar refractivity (Wildman–Crippen MR) is 144 cm³/mol. The zero-order valence-corrected chi connectivity index (χ0v) is 22.1. The van der Waals surface area contributed by atoms with Crippen molar-refractivity contribution < 1.29 is 0 Å². The van der Waals surface area contributed by atoms with E-state index in [9.17, 15) is 0 Å². The lowest BCUT2D eigenvalue weighted by Crippen LogP contribution is -2.53. The largest absolute Gasteiger partial charge is 0.354 e. The number of aromatic nitrogens is 6. The highest BCUT2D eigenvalue weighted by Gasteiger charge is 2.23. The number of halogens is 3. The Morgan fingerprint density at radius 3 is 1.81 bits per heavy atom. The zero-order chi connectivity index (χ0) is 25.5. The molecule has 4 aromatic rings. The Labute approximate surface area is 225 Å². The van der Waals surface area contributed by atoms with Crippen LogP contribution in [-0.4, -0.2) is 55.6 Å². The molecule has 1 saturated heterocycles. The summed E-state index contributed by atoms with van der Waals surface area (Å²) in [5, 5.41) is 4.68. The van der Waals surface area contributed by atoms with Crippen LogP contribution in [-0.2, 0) is 0 Å². The van der Waals surface area contributed by atoms with E-state index < -0.39 is 0 Å². The van der Waals surface area contributed by atoms with Gasteiger partial charge < -0.3 is 10.2 Å². The van der Waals surface area contributed by atoms with Crippen molar-refractivity contribution in [3.05, 3.63) is 76.6 Å². The van der Waals surface area contributed by atoms with E-state index in [0.717, 1.165) is 36.6 Å². The van der Waals surface area contributed by atoms with Crippen molar-refractivity contribution in [3.8, 4) is 22.8 Å². The van der Waals surface area contributed by atoms with E-state index in [1.165, 1.54) is 6.07 Å². The minimum atomic E-state index is 0.330. The molecule has 0 amide bonds. The second kappa shape index (κ2) is 12.4. The Morgan fingerprint density at radius 1 is 0.778 bits per heavy atom. The van der Waals surface area contributed by atoms with Crippen LogP contribution in [0.3, 0.4) is 0 Å². The molecule has 1 aliphatic heterocycles. The van der Waals surface area contributed by atoms with E-state index in [1.807, 2.05) is 18.2 Å². The number of piperazine rings is 1. The van der Waals surface area contributed by atoms with Gasteiger partial charge in [0, 0.05) is 73.7 Å². The van der Waals surface area contributed by atoms with Crippen molar-refractivity contribution in [3.63, 3.8) is 0 Å². The molecule has 0 bridgehead atoms. The lowest BCUT2D eigenvalue weighted by atomic mass is 10.0. The van der Waals surface area contributed by atoms with Crippen molar-refractivity contribution >= 4 is 40.6 Å². The van der Waals surface area contributed by atoms with Crippen LogP contribution >= 0.6 is 34.8 Å². The molecule has 4 aromatic heterocycles. The predicted octanol–water partition coefficient (Wildman–Crippen LogP) is 5.47. The molecule has 5 rings (SSSR count). The van der Waals surface area contributed by atoms with Gasteiger partial charge in [-0.25, -0.2) is 19.9 Å². The second-order valence-electron chi connectivity index (χ2n) is 8.43. The first-order valence-corrected chi connectivity index (χ1v) is 12.6. The van der Waals surface area contributed by atoms with Crippen LogP contribution in [0.1, 0.15) is 13.8 Å². The van der Waals surface area contributed by atoms with Crippen LogP contribution in [0.25, 0.3) is 22.8 Å². The highest BCUT2D eigenvalue weighted by Crippen LogP contribution is 2.24. The summed E-state index contributed by atoms with van der Waals surface area (Å²) in [6, 6.07) is 11.2. The minimum Gasteiger partial charge on any atom is -0.354 e. The molecule has 5 heterocycles. The van der Waals surface area contributed by atoms with Gasteiger partial charge in [-0.1, -0.05) is 48.7 Å². The number of rotatable bonds is 4. The van der Waals surface area contributed by atoms with Gasteiger partial charge in [-0.05, 0) is 30.2 Å². The molecule has 1 fully saturated rings.